The Bertz CT molecular complexity index is 1570. The molecule has 0 heterocycles. The lowest BCUT2D eigenvalue weighted by atomic mass is 9.98. The van der Waals surface area contributed by atoms with Crippen molar-refractivity contribution in [2.24, 2.45) is 5.92 Å². The molecule has 6 rings (SSSR count). The van der Waals surface area contributed by atoms with Gasteiger partial charge in [0, 0.05) is 12.5 Å². The number of carbonyl (C=O) groups is 2. The fraction of sp³-hybridized carbons (Fsp3) is 0.297. The van der Waals surface area contributed by atoms with Crippen molar-refractivity contribution in [3.8, 4) is 11.1 Å². The van der Waals surface area contributed by atoms with Crippen LogP contribution in [0.5, 0.6) is 0 Å². The third kappa shape index (κ3) is 5.24. The molecule has 0 radical (unpaired) electrons. The number of alkyl carbamates (subject to hydrolysis) is 1. The standard InChI is InChI=1S/C37H39NO5Si/c1-36(2,3)44(27-14-6-4-7-15-27,28-16-8-5-9-17-28)43-23-22-26-24-37(26,34(39)40)38-35(41)42-25-33-31-20-12-10-18-29(31)30-19-11-13-21-32(30)33/h4-21,26,33H,22-25H2,1-3H3,(H,38,41)(H,39,40)/t26-,37-/m1/s1. The van der Waals surface area contributed by atoms with Crippen LogP contribution in [-0.4, -0.2) is 44.2 Å². The van der Waals surface area contributed by atoms with Crippen molar-refractivity contribution < 1.29 is 23.9 Å². The highest BCUT2D eigenvalue weighted by Gasteiger charge is 2.62. The number of hydrogen-bond donors (Lipinski definition) is 2. The number of aliphatic carboxylic acids is 1. The van der Waals surface area contributed by atoms with Crippen molar-refractivity contribution in [1.29, 1.82) is 0 Å². The molecule has 2 aliphatic carbocycles. The number of carboxylic acid groups (broad SMARTS) is 1. The number of fused-ring (bicyclic) bond motifs is 3. The van der Waals surface area contributed by atoms with Gasteiger partial charge in [0.1, 0.15) is 12.1 Å². The second-order valence-corrected chi connectivity index (χ2v) is 17.2. The Morgan fingerprint density at radius 2 is 1.32 bits per heavy atom. The minimum Gasteiger partial charge on any atom is -0.479 e. The predicted molar refractivity (Wildman–Crippen MR) is 175 cm³/mol. The van der Waals surface area contributed by atoms with E-state index in [2.05, 4.69) is 74.6 Å². The third-order valence-corrected chi connectivity index (χ3v) is 14.4. The van der Waals surface area contributed by atoms with E-state index >= 15 is 0 Å². The van der Waals surface area contributed by atoms with Gasteiger partial charge < -0.3 is 19.6 Å². The van der Waals surface area contributed by atoms with Crippen LogP contribution < -0.4 is 15.7 Å². The van der Waals surface area contributed by atoms with Crippen molar-refractivity contribution >= 4 is 30.8 Å². The van der Waals surface area contributed by atoms with Gasteiger partial charge >= 0.3 is 12.1 Å². The van der Waals surface area contributed by atoms with E-state index in [0.717, 1.165) is 22.3 Å². The van der Waals surface area contributed by atoms with Crippen molar-refractivity contribution in [1.82, 2.24) is 5.32 Å². The molecule has 0 saturated heterocycles. The number of carboxylic acids is 1. The van der Waals surface area contributed by atoms with Crippen LogP contribution in [0, 0.1) is 5.92 Å². The highest BCUT2D eigenvalue weighted by molar-refractivity contribution is 6.99. The Morgan fingerprint density at radius 3 is 1.82 bits per heavy atom. The zero-order chi connectivity index (χ0) is 31.0. The van der Waals surface area contributed by atoms with Crippen molar-refractivity contribution in [3.05, 3.63) is 120 Å². The summed E-state index contributed by atoms with van der Waals surface area (Å²) in [7, 11) is -2.74. The van der Waals surface area contributed by atoms with Gasteiger partial charge in [0.05, 0.1) is 0 Å². The number of benzene rings is 4. The molecular formula is C37H39NO5Si. The number of hydrogen-bond acceptors (Lipinski definition) is 4. The maximum Gasteiger partial charge on any atom is 0.408 e. The lowest BCUT2D eigenvalue weighted by molar-refractivity contribution is -0.141. The monoisotopic (exact) mass is 605 g/mol. The first-order chi connectivity index (χ1) is 21.2. The van der Waals surface area contributed by atoms with E-state index in [0.29, 0.717) is 19.4 Å². The molecule has 0 bridgehead atoms. The van der Waals surface area contributed by atoms with Gasteiger partial charge in [-0.15, -0.1) is 0 Å². The fourth-order valence-corrected chi connectivity index (χ4v) is 11.7. The maximum absolute atomic E-state index is 13.0. The Balaban J connectivity index is 1.13. The van der Waals surface area contributed by atoms with Crippen LogP contribution in [0.3, 0.4) is 0 Å². The second-order valence-electron chi connectivity index (χ2n) is 12.9. The maximum atomic E-state index is 13.0. The fourth-order valence-electron chi connectivity index (χ4n) is 7.08. The van der Waals surface area contributed by atoms with Gasteiger partial charge in [-0.25, -0.2) is 9.59 Å². The van der Waals surface area contributed by atoms with E-state index in [4.69, 9.17) is 9.16 Å². The Labute approximate surface area is 260 Å². The molecular weight excluding hydrogens is 566 g/mol. The molecule has 1 saturated carbocycles. The lowest BCUT2D eigenvalue weighted by Crippen LogP contribution is -2.66. The largest absolute Gasteiger partial charge is 0.479 e. The highest BCUT2D eigenvalue weighted by Crippen LogP contribution is 2.48. The highest BCUT2D eigenvalue weighted by atomic mass is 28.4. The second kappa shape index (κ2) is 11.7. The molecule has 0 spiro atoms. The summed E-state index contributed by atoms with van der Waals surface area (Å²) in [6, 6.07) is 37.0. The summed E-state index contributed by atoms with van der Waals surface area (Å²) < 4.78 is 12.7. The molecule has 4 aromatic rings. The molecule has 2 N–H and O–H groups in total. The summed E-state index contributed by atoms with van der Waals surface area (Å²) in [5.74, 6) is -1.39. The van der Waals surface area contributed by atoms with Crippen molar-refractivity contribution in [2.45, 2.75) is 50.1 Å². The minimum atomic E-state index is -2.74. The van der Waals surface area contributed by atoms with Gasteiger partial charge in [-0.2, -0.15) is 0 Å². The first kappa shape index (κ1) is 29.9. The summed E-state index contributed by atoms with van der Waals surface area (Å²) >= 11 is 0. The van der Waals surface area contributed by atoms with Crippen LogP contribution in [0.2, 0.25) is 5.04 Å². The van der Waals surface area contributed by atoms with Crippen LogP contribution in [0.1, 0.15) is 50.7 Å². The molecule has 1 fully saturated rings. The van der Waals surface area contributed by atoms with E-state index in [1.165, 1.54) is 10.4 Å². The number of amides is 1. The first-order valence-electron chi connectivity index (χ1n) is 15.3. The zero-order valence-corrected chi connectivity index (χ0v) is 26.5. The van der Waals surface area contributed by atoms with Crippen LogP contribution in [0.25, 0.3) is 11.1 Å². The summed E-state index contributed by atoms with van der Waals surface area (Å²) in [6.07, 6.45) is 0.154. The van der Waals surface area contributed by atoms with Crippen LogP contribution in [0.15, 0.2) is 109 Å². The average molecular weight is 606 g/mol. The summed E-state index contributed by atoms with van der Waals surface area (Å²) in [6.45, 7) is 7.18. The van der Waals surface area contributed by atoms with E-state index < -0.39 is 25.9 Å². The number of rotatable bonds is 10. The Morgan fingerprint density at radius 1 is 0.818 bits per heavy atom. The summed E-state index contributed by atoms with van der Waals surface area (Å²) in [5.41, 5.74) is 3.15. The van der Waals surface area contributed by atoms with E-state index in [1.54, 1.807) is 0 Å². The smallest absolute Gasteiger partial charge is 0.408 e. The van der Waals surface area contributed by atoms with E-state index in [9.17, 15) is 14.7 Å². The van der Waals surface area contributed by atoms with Crippen molar-refractivity contribution in [2.75, 3.05) is 13.2 Å². The van der Waals surface area contributed by atoms with Gasteiger partial charge in [0.25, 0.3) is 8.32 Å². The van der Waals surface area contributed by atoms with Crippen LogP contribution in [0.4, 0.5) is 4.79 Å². The molecule has 4 aromatic carbocycles. The predicted octanol–water partition coefficient (Wildman–Crippen LogP) is 6.34. The van der Waals surface area contributed by atoms with E-state index in [-0.39, 0.29) is 23.5 Å². The Hall–Kier alpha value is -4.20. The molecule has 0 aromatic heterocycles. The third-order valence-electron chi connectivity index (χ3n) is 9.36. The number of ether oxygens (including phenoxy) is 1. The Kier molecular flexibility index (Phi) is 7.94. The molecule has 1 amide bonds. The van der Waals surface area contributed by atoms with E-state index in [1.807, 2.05) is 60.7 Å². The normalized spacial score (nSPS) is 19.1. The minimum absolute atomic E-state index is 0.0937. The quantitative estimate of drug-likeness (QED) is 0.206. The van der Waals surface area contributed by atoms with Crippen molar-refractivity contribution in [3.63, 3.8) is 0 Å². The van der Waals surface area contributed by atoms with Crippen LogP contribution >= 0.6 is 0 Å². The van der Waals surface area contributed by atoms with Gasteiger partial charge in [0.2, 0.25) is 0 Å². The summed E-state index contributed by atoms with van der Waals surface area (Å²) in [5, 5.41) is 15.1. The SMILES string of the molecule is CC(C)(C)[Si](OCC[C@@H]1C[C@]1(NC(=O)OCC1c2ccccc2-c2ccccc21)C(=O)O)(c1ccccc1)c1ccccc1. The van der Waals surface area contributed by atoms with Gasteiger partial charge in [0.15, 0.2) is 0 Å². The summed E-state index contributed by atoms with van der Waals surface area (Å²) in [4.78, 5) is 25.5. The van der Waals surface area contributed by atoms with Gasteiger partial charge in [-0.3, -0.25) is 0 Å². The lowest BCUT2D eigenvalue weighted by Gasteiger charge is -2.43. The van der Waals surface area contributed by atoms with Gasteiger partial charge in [-0.1, -0.05) is 130 Å². The molecule has 226 valence electrons. The number of nitrogens with one attached hydrogen (secondary N) is 1. The van der Waals surface area contributed by atoms with Crippen LogP contribution in [-0.2, 0) is 14.0 Å². The number of carbonyl (C=O) groups excluding carboxylic acids is 1. The molecule has 44 heavy (non-hydrogen) atoms. The molecule has 0 unspecified atom stereocenters. The topological polar surface area (TPSA) is 84.9 Å². The van der Waals surface area contributed by atoms with Gasteiger partial charge in [-0.05, 0) is 56.4 Å². The molecule has 7 heteroatoms. The molecule has 6 nitrogen and oxygen atoms in total. The molecule has 2 atom stereocenters. The first-order valence-corrected chi connectivity index (χ1v) is 17.2. The molecule has 2 aliphatic rings. The molecule has 0 aliphatic heterocycles. The zero-order valence-electron chi connectivity index (χ0n) is 25.5. The average Bonchev–Trinajstić information content (AvgIpc) is 3.63.